The van der Waals surface area contributed by atoms with E-state index in [1.54, 1.807) is 6.07 Å². The molecule has 0 N–H and O–H groups in total. The summed E-state index contributed by atoms with van der Waals surface area (Å²) in [6.45, 7) is 0. The minimum atomic E-state index is -0.286. The van der Waals surface area contributed by atoms with Crippen LogP contribution in [0.25, 0.3) is 54.9 Å². The maximum absolute atomic E-state index is 16.9. The van der Waals surface area contributed by atoms with E-state index in [0.717, 1.165) is 50.1 Å². The Morgan fingerprint density at radius 3 is 1.57 bits per heavy atom. The lowest BCUT2D eigenvalue weighted by Crippen LogP contribution is -2.13. The molecule has 46 heavy (non-hydrogen) atoms. The van der Waals surface area contributed by atoms with Gasteiger partial charge in [0.1, 0.15) is 5.82 Å². The van der Waals surface area contributed by atoms with Gasteiger partial charge in [0.2, 0.25) is 0 Å². The molecule has 8 rings (SSSR count). The largest absolute Gasteiger partial charge is 0.307 e. The third-order valence-corrected chi connectivity index (χ3v) is 8.70. The second-order valence-electron chi connectivity index (χ2n) is 11.5. The molecular weight excluding hydrogens is 561 g/mol. The lowest BCUT2D eigenvalue weighted by Gasteiger charge is -2.29. The Kier molecular flexibility index (Phi) is 7.09. The molecule has 218 valence electrons. The van der Waals surface area contributed by atoms with Gasteiger partial charge in [-0.3, -0.25) is 0 Å². The van der Waals surface area contributed by atoms with Crippen molar-refractivity contribution in [2.75, 3.05) is 4.90 Å². The normalized spacial score (nSPS) is 11.2. The Morgan fingerprint density at radius 2 is 0.870 bits per heavy atom. The average molecular weight is 592 g/mol. The molecule has 1 nitrogen and oxygen atoms in total. The lowest BCUT2D eigenvalue weighted by molar-refractivity contribution is 0.630. The fourth-order valence-electron chi connectivity index (χ4n) is 6.44. The van der Waals surface area contributed by atoms with Gasteiger partial charge >= 0.3 is 0 Å². The summed E-state index contributed by atoms with van der Waals surface area (Å²) in [6.07, 6.45) is 0. The molecule has 2 heteroatoms. The quantitative estimate of drug-likeness (QED) is 0.174. The Morgan fingerprint density at radius 1 is 0.348 bits per heavy atom. The van der Waals surface area contributed by atoms with Gasteiger partial charge in [0.05, 0.1) is 5.69 Å². The summed E-state index contributed by atoms with van der Waals surface area (Å²) in [4.78, 5) is 2.07. The molecule has 0 unspecified atom stereocenters. The number of hydrogen-bond donors (Lipinski definition) is 0. The number of rotatable bonds is 6. The predicted molar refractivity (Wildman–Crippen MR) is 192 cm³/mol. The molecular formula is C44H30FN. The van der Waals surface area contributed by atoms with Gasteiger partial charge in [-0.2, -0.15) is 0 Å². The molecule has 0 atom stereocenters. The molecule has 0 amide bonds. The first-order valence-electron chi connectivity index (χ1n) is 15.5. The molecule has 0 spiro atoms. The smallest absolute Gasteiger partial charge is 0.148 e. The molecule has 0 saturated carbocycles. The Labute approximate surface area is 268 Å². The third kappa shape index (κ3) is 5.10. The molecule has 0 bridgehead atoms. The number of halogens is 1. The minimum absolute atomic E-state index is 0.286. The molecule has 0 radical (unpaired) electrons. The van der Waals surface area contributed by atoms with Crippen molar-refractivity contribution in [3.05, 3.63) is 188 Å². The highest BCUT2D eigenvalue weighted by Gasteiger charge is 2.23. The standard InChI is InChI=1S/C44H30FN/c45-43-30-37(32-14-6-2-7-15-32)29-42(34-16-8-3-9-17-34)44(43)46(38-24-22-33(23-25-38)31-12-4-1-5-13-31)39-26-27-41-36(28-39)21-20-35-18-10-11-19-40(35)41/h1-30H. The van der Waals surface area contributed by atoms with Crippen LogP contribution < -0.4 is 4.90 Å². The van der Waals surface area contributed by atoms with E-state index in [0.29, 0.717) is 5.69 Å². The van der Waals surface area contributed by atoms with Crippen molar-refractivity contribution < 1.29 is 4.39 Å². The van der Waals surface area contributed by atoms with E-state index in [-0.39, 0.29) is 5.82 Å². The maximum Gasteiger partial charge on any atom is 0.148 e. The topological polar surface area (TPSA) is 3.24 Å². The van der Waals surface area contributed by atoms with E-state index in [2.05, 4.69) is 114 Å². The van der Waals surface area contributed by atoms with Crippen LogP contribution in [0.1, 0.15) is 0 Å². The fourth-order valence-corrected chi connectivity index (χ4v) is 6.44. The highest BCUT2D eigenvalue weighted by Crippen LogP contribution is 2.45. The van der Waals surface area contributed by atoms with Crippen molar-refractivity contribution in [1.82, 2.24) is 0 Å². The van der Waals surface area contributed by atoms with Gasteiger partial charge in [-0.15, -0.1) is 0 Å². The van der Waals surface area contributed by atoms with Crippen molar-refractivity contribution in [3.63, 3.8) is 0 Å². The number of hydrogen-bond acceptors (Lipinski definition) is 1. The van der Waals surface area contributed by atoms with Gasteiger partial charge in [0, 0.05) is 16.9 Å². The highest BCUT2D eigenvalue weighted by atomic mass is 19.1. The van der Waals surface area contributed by atoms with Crippen LogP contribution in [0.2, 0.25) is 0 Å². The number of fused-ring (bicyclic) bond motifs is 3. The average Bonchev–Trinajstić information content (AvgIpc) is 3.13. The van der Waals surface area contributed by atoms with Crippen molar-refractivity contribution in [3.8, 4) is 33.4 Å². The van der Waals surface area contributed by atoms with Crippen LogP contribution in [0.3, 0.4) is 0 Å². The van der Waals surface area contributed by atoms with Crippen LogP contribution in [0.4, 0.5) is 21.5 Å². The van der Waals surface area contributed by atoms with E-state index in [9.17, 15) is 0 Å². The monoisotopic (exact) mass is 591 g/mol. The van der Waals surface area contributed by atoms with Crippen molar-refractivity contribution in [1.29, 1.82) is 0 Å². The number of benzene rings is 8. The molecule has 0 aliphatic rings. The van der Waals surface area contributed by atoms with Crippen LogP contribution in [0.15, 0.2) is 182 Å². The van der Waals surface area contributed by atoms with Crippen LogP contribution in [-0.4, -0.2) is 0 Å². The summed E-state index contributed by atoms with van der Waals surface area (Å²) < 4.78 is 16.9. The molecule has 0 aliphatic carbocycles. The predicted octanol–water partition coefficient (Wildman–Crippen LogP) is 12.6. The molecule has 0 heterocycles. The molecule has 8 aromatic carbocycles. The van der Waals surface area contributed by atoms with Gasteiger partial charge < -0.3 is 4.90 Å². The van der Waals surface area contributed by atoms with Crippen molar-refractivity contribution in [2.24, 2.45) is 0 Å². The van der Waals surface area contributed by atoms with Crippen LogP contribution in [0, 0.1) is 5.82 Å². The summed E-state index contributed by atoms with van der Waals surface area (Å²) in [5, 5.41) is 4.67. The van der Waals surface area contributed by atoms with Crippen LogP contribution in [-0.2, 0) is 0 Å². The van der Waals surface area contributed by atoms with Gasteiger partial charge in [0.25, 0.3) is 0 Å². The van der Waals surface area contributed by atoms with Gasteiger partial charge in [-0.05, 0) is 85.8 Å². The summed E-state index contributed by atoms with van der Waals surface area (Å²) in [5.41, 5.74) is 8.11. The number of anilines is 3. The van der Waals surface area contributed by atoms with Gasteiger partial charge in [-0.25, -0.2) is 4.39 Å². The molecule has 0 fully saturated rings. The molecule has 0 saturated heterocycles. The first-order valence-corrected chi connectivity index (χ1v) is 15.5. The van der Waals surface area contributed by atoms with Crippen LogP contribution in [0.5, 0.6) is 0 Å². The first kappa shape index (κ1) is 27.6. The van der Waals surface area contributed by atoms with E-state index < -0.39 is 0 Å². The summed E-state index contributed by atoms with van der Waals surface area (Å²) in [6, 6.07) is 61.8. The Bertz CT molecular complexity index is 2290. The third-order valence-electron chi connectivity index (χ3n) is 8.70. The summed E-state index contributed by atoms with van der Waals surface area (Å²) >= 11 is 0. The highest BCUT2D eigenvalue weighted by molar-refractivity contribution is 6.08. The van der Waals surface area contributed by atoms with Gasteiger partial charge in [-0.1, -0.05) is 146 Å². The number of nitrogens with zero attached hydrogens (tertiary/aromatic N) is 1. The van der Waals surface area contributed by atoms with E-state index in [4.69, 9.17) is 0 Å². The van der Waals surface area contributed by atoms with Gasteiger partial charge in [0.15, 0.2) is 0 Å². The summed E-state index contributed by atoms with van der Waals surface area (Å²) in [5.74, 6) is -0.286. The molecule has 8 aromatic rings. The Hall–Kier alpha value is -5.99. The minimum Gasteiger partial charge on any atom is -0.307 e. The second kappa shape index (κ2) is 11.8. The zero-order valence-electron chi connectivity index (χ0n) is 25.1. The van der Waals surface area contributed by atoms with E-state index in [1.165, 1.54) is 16.2 Å². The Balaban J connectivity index is 1.37. The molecule has 0 aliphatic heterocycles. The fraction of sp³-hybridized carbons (Fsp3) is 0. The second-order valence-corrected chi connectivity index (χ2v) is 11.5. The summed E-state index contributed by atoms with van der Waals surface area (Å²) in [7, 11) is 0. The van der Waals surface area contributed by atoms with Crippen LogP contribution >= 0.6 is 0 Å². The maximum atomic E-state index is 16.9. The van der Waals surface area contributed by atoms with E-state index in [1.807, 2.05) is 66.7 Å². The first-order chi connectivity index (χ1) is 22.7. The zero-order valence-corrected chi connectivity index (χ0v) is 25.1. The SMILES string of the molecule is Fc1cc(-c2ccccc2)cc(-c2ccccc2)c1N(c1ccc(-c2ccccc2)cc1)c1ccc2c(ccc3ccccc32)c1. The molecule has 0 aromatic heterocycles. The zero-order chi connectivity index (χ0) is 30.9. The lowest BCUT2D eigenvalue weighted by atomic mass is 9.95. The van der Waals surface area contributed by atoms with Crippen molar-refractivity contribution >= 4 is 38.6 Å². The van der Waals surface area contributed by atoms with E-state index >= 15 is 4.39 Å². The van der Waals surface area contributed by atoms with Crippen molar-refractivity contribution in [2.45, 2.75) is 0 Å².